The molecule has 0 radical (unpaired) electrons. The summed E-state index contributed by atoms with van der Waals surface area (Å²) < 4.78 is 6.76. The molecule has 5 rings (SSSR count). The number of rotatable bonds is 7. The number of carbonyl (C=O) groups excluding carboxylic acids is 2. The summed E-state index contributed by atoms with van der Waals surface area (Å²) in [5.41, 5.74) is 0.891. The second kappa shape index (κ2) is 10.5. The average molecular weight is 521 g/mol. The lowest BCUT2D eigenvalue weighted by molar-refractivity contribution is -0.129. The highest BCUT2D eigenvalue weighted by Crippen LogP contribution is 2.32. The van der Waals surface area contributed by atoms with E-state index in [1.54, 1.807) is 32.6 Å². The maximum atomic E-state index is 13.3. The van der Waals surface area contributed by atoms with Crippen molar-refractivity contribution in [1.82, 2.24) is 19.4 Å². The van der Waals surface area contributed by atoms with Gasteiger partial charge in [0.25, 0.3) is 11.5 Å². The Morgan fingerprint density at radius 3 is 2.53 bits per heavy atom. The van der Waals surface area contributed by atoms with Crippen molar-refractivity contribution in [3.63, 3.8) is 0 Å². The Labute approximate surface area is 215 Å². The van der Waals surface area contributed by atoms with Crippen molar-refractivity contribution in [2.24, 2.45) is 0 Å². The number of nitrogens with zero attached hydrogens (tertiary/aromatic N) is 4. The topological polar surface area (TPSA) is 88.7 Å². The van der Waals surface area contributed by atoms with E-state index in [-0.39, 0.29) is 23.1 Å². The summed E-state index contributed by atoms with van der Waals surface area (Å²) in [6.07, 6.45) is 3.13. The van der Waals surface area contributed by atoms with Crippen LogP contribution in [0.25, 0.3) is 20.7 Å². The first-order valence-corrected chi connectivity index (χ1v) is 13.3. The highest BCUT2D eigenvalue weighted by molar-refractivity contribution is 7.99. The van der Waals surface area contributed by atoms with Gasteiger partial charge in [-0.1, -0.05) is 48.2 Å². The molecular weight excluding hydrogens is 496 g/mol. The van der Waals surface area contributed by atoms with E-state index >= 15 is 0 Å². The molecule has 1 aliphatic rings. The molecular formula is C26H24N4O4S2. The van der Waals surface area contributed by atoms with E-state index in [0.717, 1.165) is 10.4 Å². The first kappa shape index (κ1) is 24.1. The second-order valence-corrected chi connectivity index (χ2v) is 10.2. The monoisotopic (exact) mass is 520 g/mol. The molecule has 0 aliphatic carbocycles. The quantitative estimate of drug-likeness (QED) is 0.208. The summed E-state index contributed by atoms with van der Waals surface area (Å²) in [4.78, 5) is 48.4. The lowest BCUT2D eigenvalue weighted by Gasteiger charge is -2.34. The number of thioether (sulfide) groups is 1. The molecule has 0 spiro atoms. The molecule has 8 nitrogen and oxygen atoms in total. The van der Waals surface area contributed by atoms with Crippen molar-refractivity contribution in [1.29, 1.82) is 0 Å². The molecule has 4 aromatic rings. The molecule has 0 unspecified atom stereocenters. The summed E-state index contributed by atoms with van der Waals surface area (Å²) in [5, 5.41) is 1.06. The fourth-order valence-electron chi connectivity index (χ4n) is 4.07. The minimum atomic E-state index is -0.168. The smallest absolute Gasteiger partial charge is 0.289 e. The van der Waals surface area contributed by atoms with Crippen molar-refractivity contribution in [2.75, 3.05) is 31.9 Å². The SMILES string of the molecule is C=CCn1c(SCC(=O)N2CCN(C(=O)c3ccco3)CC2)nc2sc(-c3ccccc3)cc2c1=O. The molecule has 0 N–H and O–H groups in total. The van der Waals surface area contributed by atoms with Crippen molar-refractivity contribution >= 4 is 45.1 Å². The Kier molecular flexibility index (Phi) is 7.06. The molecule has 2 amide bonds. The number of fused-ring (bicyclic) bond motifs is 1. The lowest BCUT2D eigenvalue weighted by Crippen LogP contribution is -2.51. The molecule has 1 saturated heterocycles. The van der Waals surface area contributed by atoms with Gasteiger partial charge in [-0.25, -0.2) is 4.98 Å². The fraction of sp³-hybridized carbons (Fsp3) is 0.231. The minimum absolute atomic E-state index is 0.0549. The zero-order valence-corrected chi connectivity index (χ0v) is 21.1. The van der Waals surface area contributed by atoms with Crippen LogP contribution in [0.4, 0.5) is 0 Å². The van der Waals surface area contributed by atoms with Gasteiger partial charge in [0.2, 0.25) is 5.91 Å². The van der Waals surface area contributed by atoms with Crippen LogP contribution >= 0.6 is 23.1 Å². The lowest BCUT2D eigenvalue weighted by atomic mass is 10.2. The van der Waals surface area contributed by atoms with Gasteiger partial charge < -0.3 is 14.2 Å². The number of benzene rings is 1. The van der Waals surface area contributed by atoms with Gasteiger partial charge in [0.05, 0.1) is 17.4 Å². The van der Waals surface area contributed by atoms with Crippen LogP contribution in [-0.2, 0) is 11.3 Å². The third-order valence-corrected chi connectivity index (χ3v) is 8.00. The Hall–Kier alpha value is -3.63. The normalized spacial score (nSPS) is 13.8. The van der Waals surface area contributed by atoms with Crippen molar-refractivity contribution < 1.29 is 14.0 Å². The Bertz CT molecular complexity index is 1450. The molecule has 0 atom stereocenters. The Morgan fingerprint density at radius 2 is 1.83 bits per heavy atom. The van der Waals surface area contributed by atoms with Crippen molar-refractivity contribution in [2.45, 2.75) is 11.7 Å². The maximum absolute atomic E-state index is 13.3. The number of hydrogen-bond donors (Lipinski definition) is 0. The minimum Gasteiger partial charge on any atom is -0.459 e. The van der Waals surface area contributed by atoms with Crippen LogP contribution in [-0.4, -0.2) is 63.1 Å². The third kappa shape index (κ3) is 4.87. The van der Waals surface area contributed by atoms with Crippen LogP contribution in [0.15, 0.2) is 81.8 Å². The molecule has 0 bridgehead atoms. The molecule has 1 fully saturated rings. The van der Waals surface area contributed by atoms with E-state index in [2.05, 4.69) is 6.58 Å². The van der Waals surface area contributed by atoms with E-state index in [0.29, 0.717) is 53.9 Å². The van der Waals surface area contributed by atoms with Gasteiger partial charge in [0.1, 0.15) is 4.83 Å². The van der Waals surface area contributed by atoms with Crippen LogP contribution < -0.4 is 5.56 Å². The van der Waals surface area contributed by atoms with E-state index < -0.39 is 0 Å². The van der Waals surface area contributed by atoms with Crippen LogP contribution in [0.3, 0.4) is 0 Å². The third-order valence-electron chi connectivity index (χ3n) is 5.96. The first-order valence-electron chi connectivity index (χ1n) is 11.5. The summed E-state index contributed by atoms with van der Waals surface area (Å²) >= 11 is 2.72. The molecule has 1 aromatic carbocycles. The van der Waals surface area contributed by atoms with Gasteiger partial charge in [-0.15, -0.1) is 17.9 Å². The van der Waals surface area contributed by atoms with Crippen LogP contribution in [0.5, 0.6) is 0 Å². The zero-order valence-electron chi connectivity index (χ0n) is 19.5. The van der Waals surface area contributed by atoms with E-state index in [9.17, 15) is 14.4 Å². The maximum Gasteiger partial charge on any atom is 0.289 e. The fourth-order valence-corrected chi connectivity index (χ4v) is 6.06. The van der Waals surface area contributed by atoms with E-state index in [1.807, 2.05) is 36.4 Å². The number of aromatic nitrogens is 2. The summed E-state index contributed by atoms with van der Waals surface area (Å²) in [5.74, 6) is 0.230. The Balaban J connectivity index is 1.29. The standard InChI is InChI=1S/C26H24N4O4S2/c1-2-10-30-24(32)19-16-21(18-7-4-3-5-8-18)36-23(19)27-26(30)35-17-22(31)28-11-13-29(14-12-28)25(33)20-9-6-15-34-20/h2-9,15-16H,1,10-14,17H2. The molecule has 0 saturated carbocycles. The molecule has 4 heterocycles. The average Bonchev–Trinajstić information content (AvgIpc) is 3.60. The predicted molar refractivity (Wildman–Crippen MR) is 141 cm³/mol. The first-order chi connectivity index (χ1) is 17.5. The zero-order chi connectivity index (χ0) is 25.1. The van der Waals surface area contributed by atoms with Gasteiger partial charge in [-0.05, 0) is 23.8 Å². The van der Waals surface area contributed by atoms with Gasteiger partial charge in [-0.2, -0.15) is 0 Å². The predicted octanol–water partition coefficient (Wildman–Crippen LogP) is 3.98. The number of furan rings is 1. The number of carbonyl (C=O) groups is 2. The van der Waals surface area contributed by atoms with E-state index in [1.165, 1.54) is 29.4 Å². The summed E-state index contributed by atoms with van der Waals surface area (Å²) in [6, 6.07) is 15.1. The number of amides is 2. The number of hydrogen-bond acceptors (Lipinski definition) is 7. The molecule has 184 valence electrons. The molecule has 1 aliphatic heterocycles. The summed E-state index contributed by atoms with van der Waals surface area (Å²) in [6.45, 7) is 5.86. The molecule has 3 aromatic heterocycles. The van der Waals surface area contributed by atoms with Gasteiger partial charge in [-0.3, -0.25) is 19.0 Å². The molecule has 36 heavy (non-hydrogen) atoms. The highest BCUT2D eigenvalue weighted by Gasteiger charge is 2.26. The van der Waals surface area contributed by atoms with Crippen molar-refractivity contribution in [3.8, 4) is 10.4 Å². The second-order valence-electron chi connectivity index (χ2n) is 8.23. The van der Waals surface area contributed by atoms with Crippen molar-refractivity contribution in [3.05, 3.63) is 83.6 Å². The van der Waals surface area contributed by atoms with Crippen LogP contribution in [0, 0.1) is 0 Å². The number of allylic oxidation sites excluding steroid dienone is 1. The van der Waals surface area contributed by atoms with Crippen LogP contribution in [0.1, 0.15) is 10.6 Å². The van der Waals surface area contributed by atoms with Gasteiger partial charge in [0.15, 0.2) is 10.9 Å². The summed E-state index contributed by atoms with van der Waals surface area (Å²) in [7, 11) is 0. The number of thiophene rings is 1. The van der Waals surface area contributed by atoms with Gasteiger partial charge in [0, 0.05) is 37.6 Å². The Morgan fingerprint density at radius 1 is 1.08 bits per heavy atom. The largest absolute Gasteiger partial charge is 0.459 e. The molecule has 10 heteroatoms. The highest BCUT2D eigenvalue weighted by atomic mass is 32.2. The van der Waals surface area contributed by atoms with Crippen LogP contribution in [0.2, 0.25) is 0 Å². The van der Waals surface area contributed by atoms with Gasteiger partial charge >= 0.3 is 0 Å². The number of piperazine rings is 1. The van der Waals surface area contributed by atoms with E-state index in [4.69, 9.17) is 9.40 Å².